The number of rotatable bonds is 7. The minimum Gasteiger partial charge on any atom is -0.465 e. The van der Waals surface area contributed by atoms with Crippen LogP contribution in [0.15, 0.2) is 66.7 Å². The molecule has 0 aliphatic carbocycles. The normalized spacial score (nSPS) is 11.0. The smallest absolute Gasteiger partial charge is 0.416 e. The number of halogens is 3. The molecule has 0 saturated carbocycles. The summed E-state index contributed by atoms with van der Waals surface area (Å²) in [5, 5.41) is 16.7. The van der Waals surface area contributed by atoms with E-state index >= 15 is 0 Å². The first kappa shape index (κ1) is 23.6. The Balaban J connectivity index is 1.74. The highest BCUT2D eigenvalue weighted by Gasteiger charge is 2.30. The van der Waals surface area contributed by atoms with Crippen molar-refractivity contribution in [3.8, 4) is 11.1 Å². The predicted octanol–water partition coefficient (Wildman–Crippen LogP) is 5.61. The fraction of sp³-hybridized carbons (Fsp3) is 0.167. The number of anilines is 2. The second-order valence-corrected chi connectivity index (χ2v) is 7.26. The lowest BCUT2D eigenvalue weighted by Gasteiger charge is -2.15. The van der Waals surface area contributed by atoms with Gasteiger partial charge in [-0.15, -0.1) is 0 Å². The summed E-state index contributed by atoms with van der Waals surface area (Å²) in [4.78, 5) is 23.4. The van der Waals surface area contributed by atoms with E-state index < -0.39 is 17.8 Å². The number of aryl methyl sites for hydroxylation is 1. The van der Waals surface area contributed by atoms with Gasteiger partial charge in [-0.1, -0.05) is 24.3 Å². The summed E-state index contributed by atoms with van der Waals surface area (Å²) in [5.41, 5.74) is 2.72. The van der Waals surface area contributed by atoms with Gasteiger partial charge >= 0.3 is 12.3 Å². The maximum atomic E-state index is 13.0. The summed E-state index contributed by atoms with van der Waals surface area (Å²) in [7, 11) is 0. The summed E-state index contributed by atoms with van der Waals surface area (Å²) < 4.78 is 38.7. The third kappa shape index (κ3) is 6.25. The highest BCUT2D eigenvalue weighted by atomic mass is 19.4. The first-order valence-electron chi connectivity index (χ1n) is 10.0. The number of hydrogen-bond donors (Lipinski definition) is 4. The average Bonchev–Trinajstić information content (AvgIpc) is 2.77. The first-order valence-corrected chi connectivity index (χ1v) is 10.0. The molecule has 6 nitrogen and oxygen atoms in total. The summed E-state index contributed by atoms with van der Waals surface area (Å²) >= 11 is 0. The number of carboxylic acid groups (broad SMARTS) is 1. The highest BCUT2D eigenvalue weighted by Crippen LogP contribution is 2.33. The fourth-order valence-electron chi connectivity index (χ4n) is 3.31. The van der Waals surface area contributed by atoms with Gasteiger partial charge in [-0.3, -0.25) is 4.79 Å². The number of alkyl halides is 3. The van der Waals surface area contributed by atoms with Crippen LogP contribution in [-0.2, 0) is 6.18 Å². The molecule has 0 radical (unpaired) electrons. The molecule has 0 unspecified atom stereocenters. The van der Waals surface area contributed by atoms with E-state index in [1.54, 1.807) is 49.4 Å². The lowest BCUT2D eigenvalue weighted by atomic mass is 9.94. The minimum absolute atomic E-state index is 0.244. The van der Waals surface area contributed by atoms with E-state index in [9.17, 15) is 22.8 Å². The maximum Gasteiger partial charge on any atom is 0.416 e. The highest BCUT2D eigenvalue weighted by molar-refractivity contribution is 6.09. The number of benzene rings is 3. The third-order valence-corrected chi connectivity index (χ3v) is 4.89. The molecule has 0 bridgehead atoms. The van der Waals surface area contributed by atoms with Crippen LogP contribution in [0.5, 0.6) is 0 Å². The number of carbonyl (C=O) groups excluding carboxylic acids is 1. The first-order chi connectivity index (χ1) is 15.6. The van der Waals surface area contributed by atoms with Crippen LogP contribution in [-0.4, -0.2) is 30.2 Å². The van der Waals surface area contributed by atoms with Crippen LogP contribution in [0.4, 0.5) is 29.3 Å². The molecule has 3 aromatic carbocycles. The number of nitrogens with one attached hydrogen (secondary N) is 3. The van der Waals surface area contributed by atoms with Gasteiger partial charge in [-0.2, -0.15) is 13.2 Å². The zero-order chi connectivity index (χ0) is 24.0. The Hall–Kier alpha value is -4.01. The second kappa shape index (κ2) is 10.1. The number of amides is 2. The van der Waals surface area contributed by atoms with Crippen molar-refractivity contribution in [3.05, 3.63) is 83.4 Å². The molecule has 0 atom stereocenters. The van der Waals surface area contributed by atoms with Gasteiger partial charge in [-0.05, 0) is 66.1 Å². The SMILES string of the molecule is Cc1cccc(C(=O)Nc2ccc(NCCNC(=O)O)cc2)c1-c1ccc(C(F)(F)F)cc1. The van der Waals surface area contributed by atoms with Crippen LogP contribution >= 0.6 is 0 Å². The van der Waals surface area contributed by atoms with Crippen LogP contribution in [0.3, 0.4) is 0 Å². The van der Waals surface area contributed by atoms with Crippen molar-refractivity contribution in [1.82, 2.24) is 5.32 Å². The molecule has 3 aromatic rings. The van der Waals surface area contributed by atoms with Gasteiger partial charge in [0, 0.05) is 30.0 Å². The van der Waals surface area contributed by atoms with Crippen molar-refractivity contribution >= 4 is 23.4 Å². The summed E-state index contributed by atoms with van der Waals surface area (Å²) in [5.74, 6) is -0.389. The summed E-state index contributed by atoms with van der Waals surface area (Å²) in [6, 6.07) is 16.7. The molecule has 4 N–H and O–H groups in total. The van der Waals surface area contributed by atoms with Crippen molar-refractivity contribution in [2.24, 2.45) is 0 Å². The Bertz CT molecular complexity index is 1130. The van der Waals surface area contributed by atoms with Crippen LogP contribution in [0.25, 0.3) is 11.1 Å². The lowest BCUT2D eigenvalue weighted by Crippen LogP contribution is -2.26. The second-order valence-electron chi connectivity index (χ2n) is 7.26. The molecule has 0 aromatic heterocycles. The van der Waals surface area contributed by atoms with Gasteiger partial charge < -0.3 is 21.1 Å². The Morgan fingerprint density at radius 3 is 2.12 bits per heavy atom. The summed E-state index contributed by atoms with van der Waals surface area (Å²) in [6.45, 7) is 2.44. The van der Waals surface area contributed by atoms with Crippen LogP contribution in [0, 0.1) is 6.92 Å². The van der Waals surface area contributed by atoms with Crippen molar-refractivity contribution < 1.29 is 27.9 Å². The number of carbonyl (C=O) groups is 2. The van der Waals surface area contributed by atoms with E-state index in [2.05, 4.69) is 16.0 Å². The average molecular weight is 457 g/mol. The molecular formula is C24H22F3N3O3. The molecule has 172 valence electrons. The fourth-order valence-corrected chi connectivity index (χ4v) is 3.31. The van der Waals surface area contributed by atoms with E-state index in [1.807, 2.05) is 0 Å². The van der Waals surface area contributed by atoms with Gasteiger partial charge in [0.05, 0.1) is 5.56 Å². The Morgan fingerprint density at radius 2 is 1.52 bits per heavy atom. The molecule has 0 saturated heterocycles. The molecule has 0 spiro atoms. The van der Waals surface area contributed by atoms with E-state index in [0.717, 1.165) is 23.4 Å². The maximum absolute atomic E-state index is 13.0. The topological polar surface area (TPSA) is 90.5 Å². The van der Waals surface area contributed by atoms with E-state index in [4.69, 9.17) is 5.11 Å². The molecule has 33 heavy (non-hydrogen) atoms. The van der Waals surface area contributed by atoms with E-state index in [-0.39, 0.29) is 12.5 Å². The standard InChI is InChI=1S/C24H22F3N3O3/c1-15-3-2-4-20(21(15)16-5-7-17(8-6-16)24(25,26)27)22(31)30-19-11-9-18(10-12-19)28-13-14-29-23(32)33/h2-12,28-29H,13-14H2,1H3,(H,30,31)(H,32,33). The molecule has 0 aliphatic rings. The number of hydrogen-bond acceptors (Lipinski definition) is 3. The molecule has 0 fully saturated rings. The van der Waals surface area contributed by atoms with Gasteiger partial charge in [-0.25, -0.2) is 4.79 Å². The van der Waals surface area contributed by atoms with Crippen molar-refractivity contribution in [2.45, 2.75) is 13.1 Å². The van der Waals surface area contributed by atoms with Gasteiger partial charge in [0.1, 0.15) is 0 Å². The van der Waals surface area contributed by atoms with Gasteiger partial charge in [0.25, 0.3) is 5.91 Å². The monoisotopic (exact) mass is 457 g/mol. The molecule has 2 amide bonds. The molecular weight excluding hydrogens is 435 g/mol. The zero-order valence-corrected chi connectivity index (χ0v) is 17.7. The zero-order valence-electron chi connectivity index (χ0n) is 17.7. The Morgan fingerprint density at radius 1 is 0.879 bits per heavy atom. The van der Waals surface area contributed by atoms with Crippen LogP contribution in [0.1, 0.15) is 21.5 Å². The van der Waals surface area contributed by atoms with Crippen molar-refractivity contribution in [2.75, 3.05) is 23.7 Å². The minimum atomic E-state index is -4.43. The Kier molecular flexibility index (Phi) is 7.22. The molecule has 0 aliphatic heterocycles. The quantitative estimate of drug-likeness (QED) is 0.347. The molecule has 9 heteroatoms. The largest absolute Gasteiger partial charge is 0.465 e. The van der Waals surface area contributed by atoms with E-state index in [0.29, 0.717) is 28.9 Å². The molecule has 0 heterocycles. The van der Waals surface area contributed by atoms with E-state index in [1.165, 1.54) is 12.1 Å². The van der Waals surface area contributed by atoms with Crippen LogP contribution < -0.4 is 16.0 Å². The Labute approximate surface area is 188 Å². The van der Waals surface area contributed by atoms with Crippen LogP contribution in [0.2, 0.25) is 0 Å². The van der Waals surface area contributed by atoms with Crippen molar-refractivity contribution in [3.63, 3.8) is 0 Å². The third-order valence-electron chi connectivity index (χ3n) is 4.89. The van der Waals surface area contributed by atoms with Gasteiger partial charge in [0.15, 0.2) is 0 Å². The lowest BCUT2D eigenvalue weighted by molar-refractivity contribution is -0.137. The summed E-state index contributed by atoms with van der Waals surface area (Å²) in [6.07, 6.45) is -5.53. The van der Waals surface area contributed by atoms with Gasteiger partial charge in [0.2, 0.25) is 0 Å². The molecule has 3 rings (SSSR count). The van der Waals surface area contributed by atoms with Crippen molar-refractivity contribution in [1.29, 1.82) is 0 Å². The predicted molar refractivity (Wildman–Crippen MR) is 121 cm³/mol.